The topological polar surface area (TPSA) is 21.3 Å². The highest BCUT2D eigenvalue weighted by Crippen LogP contribution is 1.90. The van der Waals surface area contributed by atoms with Crippen LogP contribution in [0.4, 0.5) is 0 Å². The SMILES string of the molecule is CNCCCCOCI. The molecule has 0 spiro atoms. The van der Waals surface area contributed by atoms with E-state index in [9.17, 15) is 0 Å². The highest BCUT2D eigenvalue weighted by atomic mass is 127. The third kappa shape index (κ3) is 8.65. The summed E-state index contributed by atoms with van der Waals surface area (Å²) < 4.78 is 5.96. The molecule has 0 heterocycles. The molecule has 0 rings (SSSR count). The van der Waals surface area contributed by atoms with Crippen LogP contribution in [0.3, 0.4) is 0 Å². The van der Waals surface area contributed by atoms with Gasteiger partial charge in [0.25, 0.3) is 0 Å². The van der Waals surface area contributed by atoms with Crippen molar-refractivity contribution in [2.75, 3.05) is 24.8 Å². The standard InChI is InChI=1S/C6H14INO/c1-8-4-2-3-5-9-6-7/h8H,2-6H2,1H3. The molecular formula is C6H14INO. The van der Waals surface area contributed by atoms with Gasteiger partial charge in [0.1, 0.15) is 0 Å². The van der Waals surface area contributed by atoms with E-state index >= 15 is 0 Å². The zero-order valence-electron chi connectivity index (χ0n) is 5.82. The second kappa shape index (κ2) is 8.65. The Balaban J connectivity index is 2.60. The van der Waals surface area contributed by atoms with Gasteiger partial charge in [-0.15, -0.1) is 0 Å². The molecule has 0 unspecified atom stereocenters. The highest BCUT2D eigenvalue weighted by molar-refractivity contribution is 14.1. The van der Waals surface area contributed by atoms with Crippen molar-refractivity contribution in [3.63, 3.8) is 0 Å². The van der Waals surface area contributed by atoms with Crippen LogP contribution >= 0.6 is 22.6 Å². The molecule has 56 valence electrons. The summed E-state index contributed by atoms with van der Waals surface area (Å²) in [6.07, 6.45) is 2.39. The van der Waals surface area contributed by atoms with E-state index < -0.39 is 0 Å². The fourth-order valence-corrected chi connectivity index (χ4v) is 0.872. The van der Waals surface area contributed by atoms with Crippen molar-refractivity contribution in [2.24, 2.45) is 0 Å². The van der Waals surface area contributed by atoms with E-state index in [2.05, 4.69) is 27.9 Å². The lowest BCUT2D eigenvalue weighted by Gasteiger charge is -1.98. The first-order valence-electron chi connectivity index (χ1n) is 3.20. The molecule has 0 amide bonds. The summed E-state index contributed by atoms with van der Waals surface area (Å²) >= 11 is 2.21. The third-order valence-corrected chi connectivity index (χ3v) is 1.48. The van der Waals surface area contributed by atoms with E-state index in [1.165, 1.54) is 12.8 Å². The van der Waals surface area contributed by atoms with Gasteiger partial charge >= 0.3 is 0 Å². The normalized spacial score (nSPS) is 10.0. The van der Waals surface area contributed by atoms with E-state index in [-0.39, 0.29) is 0 Å². The number of nitrogens with one attached hydrogen (secondary N) is 1. The predicted octanol–water partition coefficient (Wildman–Crippen LogP) is 1.40. The number of halogens is 1. The molecule has 0 aromatic heterocycles. The van der Waals surface area contributed by atoms with Crippen molar-refractivity contribution in [3.05, 3.63) is 0 Å². The second-order valence-electron chi connectivity index (χ2n) is 1.83. The van der Waals surface area contributed by atoms with Crippen molar-refractivity contribution < 1.29 is 4.74 Å². The Morgan fingerprint density at radius 1 is 1.44 bits per heavy atom. The monoisotopic (exact) mass is 243 g/mol. The van der Waals surface area contributed by atoms with Crippen molar-refractivity contribution in [3.8, 4) is 0 Å². The number of alkyl halides is 1. The largest absolute Gasteiger partial charge is 0.371 e. The molecule has 9 heavy (non-hydrogen) atoms. The molecule has 0 aromatic carbocycles. The summed E-state index contributed by atoms with van der Waals surface area (Å²) in [6.45, 7) is 2.01. The maximum absolute atomic E-state index is 5.14. The van der Waals surface area contributed by atoms with Crippen LogP contribution in [-0.4, -0.2) is 24.8 Å². The number of rotatable bonds is 6. The Bertz CT molecular complexity index is 46.3. The predicted molar refractivity (Wildman–Crippen MR) is 48.0 cm³/mol. The van der Waals surface area contributed by atoms with Crippen LogP contribution in [0.15, 0.2) is 0 Å². The van der Waals surface area contributed by atoms with E-state index in [0.29, 0.717) is 0 Å². The third-order valence-electron chi connectivity index (χ3n) is 1.04. The van der Waals surface area contributed by atoms with Crippen molar-refractivity contribution in [1.82, 2.24) is 5.32 Å². The Morgan fingerprint density at radius 3 is 2.78 bits per heavy atom. The van der Waals surface area contributed by atoms with Crippen LogP contribution in [0, 0.1) is 0 Å². The van der Waals surface area contributed by atoms with Crippen molar-refractivity contribution in [2.45, 2.75) is 12.8 Å². The number of unbranched alkanes of at least 4 members (excludes halogenated alkanes) is 1. The molecular weight excluding hydrogens is 229 g/mol. The smallest absolute Gasteiger partial charge is 0.0979 e. The fourth-order valence-electron chi connectivity index (χ4n) is 0.560. The minimum absolute atomic E-state index is 0.817. The molecule has 0 atom stereocenters. The molecule has 0 radical (unpaired) electrons. The number of ether oxygens (including phenoxy) is 1. The van der Waals surface area contributed by atoms with Crippen LogP contribution in [0.5, 0.6) is 0 Å². The molecule has 0 saturated heterocycles. The molecule has 0 aliphatic rings. The van der Waals surface area contributed by atoms with Crippen LogP contribution < -0.4 is 5.32 Å². The summed E-state index contributed by atoms with van der Waals surface area (Å²) in [6, 6.07) is 0. The summed E-state index contributed by atoms with van der Waals surface area (Å²) in [7, 11) is 1.97. The molecule has 2 nitrogen and oxygen atoms in total. The molecule has 0 aliphatic carbocycles. The summed E-state index contributed by atoms with van der Waals surface area (Å²) in [5.41, 5.74) is 0. The fraction of sp³-hybridized carbons (Fsp3) is 1.00. The van der Waals surface area contributed by atoms with Gasteiger partial charge in [0, 0.05) is 6.61 Å². The summed E-state index contributed by atoms with van der Waals surface area (Å²) in [4.78, 5) is 0. The van der Waals surface area contributed by atoms with Crippen LogP contribution in [0.25, 0.3) is 0 Å². The Morgan fingerprint density at radius 2 is 2.22 bits per heavy atom. The molecule has 3 heteroatoms. The molecule has 0 fully saturated rings. The van der Waals surface area contributed by atoms with Gasteiger partial charge in [-0.25, -0.2) is 0 Å². The average Bonchev–Trinajstić information content (AvgIpc) is 1.89. The van der Waals surface area contributed by atoms with Gasteiger partial charge in [-0.1, -0.05) is 22.6 Å². The molecule has 0 saturated carbocycles. The molecule has 0 aliphatic heterocycles. The zero-order valence-corrected chi connectivity index (χ0v) is 7.98. The van der Waals surface area contributed by atoms with E-state index in [4.69, 9.17) is 4.74 Å². The van der Waals surface area contributed by atoms with Gasteiger partial charge in [0.15, 0.2) is 0 Å². The lowest BCUT2D eigenvalue weighted by atomic mass is 10.3. The van der Waals surface area contributed by atoms with Crippen molar-refractivity contribution in [1.29, 1.82) is 0 Å². The number of hydrogen-bond donors (Lipinski definition) is 1. The molecule has 1 N–H and O–H groups in total. The first kappa shape index (κ1) is 9.65. The maximum atomic E-state index is 5.14. The first-order chi connectivity index (χ1) is 4.41. The summed E-state index contributed by atoms with van der Waals surface area (Å²) in [5, 5.41) is 3.09. The van der Waals surface area contributed by atoms with E-state index in [1.807, 2.05) is 7.05 Å². The van der Waals surface area contributed by atoms with Gasteiger partial charge < -0.3 is 10.1 Å². The Labute approximate surface area is 70.5 Å². The van der Waals surface area contributed by atoms with Crippen molar-refractivity contribution >= 4 is 22.6 Å². The molecule has 0 bridgehead atoms. The van der Waals surface area contributed by atoms with Gasteiger partial charge in [-0.05, 0) is 26.4 Å². The first-order valence-corrected chi connectivity index (χ1v) is 4.72. The van der Waals surface area contributed by atoms with Gasteiger partial charge in [0.2, 0.25) is 0 Å². The number of hydrogen-bond acceptors (Lipinski definition) is 2. The minimum Gasteiger partial charge on any atom is -0.371 e. The average molecular weight is 243 g/mol. The van der Waals surface area contributed by atoms with Gasteiger partial charge in [-0.2, -0.15) is 0 Å². The van der Waals surface area contributed by atoms with Gasteiger partial charge in [0.05, 0.1) is 4.61 Å². The second-order valence-corrected chi connectivity index (χ2v) is 2.45. The maximum Gasteiger partial charge on any atom is 0.0979 e. The molecule has 0 aromatic rings. The summed E-state index contributed by atoms with van der Waals surface area (Å²) in [5.74, 6) is 0. The van der Waals surface area contributed by atoms with E-state index in [1.54, 1.807) is 0 Å². The zero-order chi connectivity index (χ0) is 6.95. The van der Waals surface area contributed by atoms with E-state index in [0.717, 1.165) is 17.8 Å². The van der Waals surface area contributed by atoms with Gasteiger partial charge in [-0.3, -0.25) is 0 Å². The Hall–Kier alpha value is 0.650. The highest BCUT2D eigenvalue weighted by Gasteiger charge is 1.85. The van der Waals surface area contributed by atoms with Crippen LogP contribution in [0.1, 0.15) is 12.8 Å². The Kier molecular flexibility index (Phi) is 9.27. The minimum atomic E-state index is 0.817. The lowest BCUT2D eigenvalue weighted by Crippen LogP contribution is -2.08. The van der Waals surface area contributed by atoms with Crippen LogP contribution in [0.2, 0.25) is 0 Å². The lowest BCUT2D eigenvalue weighted by molar-refractivity contribution is 0.185. The van der Waals surface area contributed by atoms with Crippen LogP contribution in [-0.2, 0) is 4.74 Å². The quantitative estimate of drug-likeness (QED) is 0.432.